The average Bonchev–Trinajstić information content (AvgIpc) is 2.04. The number of urea groups is 1. The summed E-state index contributed by atoms with van der Waals surface area (Å²) in [5, 5.41) is 5.28. The predicted molar refractivity (Wildman–Crippen MR) is 54.3 cm³/mol. The van der Waals surface area contributed by atoms with Crippen molar-refractivity contribution >= 4 is 6.03 Å². The Labute approximate surface area is 79.6 Å². The number of nitrogens with one attached hydrogen (secondary N) is 2. The summed E-state index contributed by atoms with van der Waals surface area (Å²) < 4.78 is 0. The van der Waals surface area contributed by atoms with Crippen molar-refractivity contribution in [2.24, 2.45) is 0 Å². The lowest BCUT2D eigenvalue weighted by molar-refractivity contribution is 0.243. The summed E-state index contributed by atoms with van der Waals surface area (Å²) in [5.41, 5.74) is 1.19. The summed E-state index contributed by atoms with van der Waals surface area (Å²) in [6.07, 6.45) is 1.95. The Kier molecular flexibility index (Phi) is 6.44. The molecule has 0 saturated carbocycles. The molecule has 2 amide bonds. The van der Waals surface area contributed by atoms with Gasteiger partial charge in [-0.25, -0.2) is 4.79 Å². The van der Waals surface area contributed by atoms with Gasteiger partial charge in [-0.3, -0.25) is 0 Å². The molecule has 0 spiro atoms. The molecule has 0 atom stereocenters. The first-order valence-corrected chi connectivity index (χ1v) is 4.21. The highest BCUT2D eigenvalue weighted by atomic mass is 16.2. The maximum Gasteiger partial charge on any atom is 0.315 e. The highest BCUT2D eigenvalue weighted by molar-refractivity contribution is 5.74. The Morgan fingerprint density at radius 3 is 2.62 bits per heavy atom. The number of rotatable bonds is 3. The van der Waals surface area contributed by atoms with Crippen LogP contribution in [0.5, 0.6) is 0 Å². The molecule has 0 heterocycles. The fourth-order valence-electron chi connectivity index (χ4n) is 0.623. The largest absolute Gasteiger partial charge is 0.335 e. The molecule has 0 unspecified atom stereocenters. The monoisotopic (exact) mass is 180 g/mol. The van der Waals surface area contributed by atoms with Gasteiger partial charge in [-0.05, 0) is 20.8 Å². The molecule has 0 aromatic rings. The van der Waals surface area contributed by atoms with Crippen LogP contribution in [0.4, 0.5) is 4.79 Å². The van der Waals surface area contributed by atoms with Gasteiger partial charge in [0, 0.05) is 6.54 Å². The molecular formula is C10H16N2O. The molecule has 0 aromatic heterocycles. The Hall–Kier alpha value is -1.43. The van der Waals surface area contributed by atoms with Crippen molar-refractivity contribution in [3.63, 3.8) is 0 Å². The molecule has 0 aromatic carbocycles. The van der Waals surface area contributed by atoms with E-state index in [0.29, 0.717) is 13.1 Å². The van der Waals surface area contributed by atoms with Crippen LogP contribution in [-0.2, 0) is 0 Å². The minimum Gasteiger partial charge on any atom is -0.335 e. The van der Waals surface area contributed by atoms with E-state index in [2.05, 4.69) is 22.5 Å². The van der Waals surface area contributed by atoms with Gasteiger partial charge in [0.2, 0.25) is 0 Å². The molecule has 3 heteroatoms. The summed E-state index contributed by atoms with van der Waals surface area (Å²) in [6, 6.07) is -0.180. The lowest BCUT2D eigenvalue weighted by atomic mass is 10.3. The molecule has 0 aliphatic heterocycles. The fraction of sp³-hybridized carbons (Fsp3) is 0.500. The van der Waals surface area contributed by atoms with Crippen LogP contribution in [-0.4, -0.2) is 19.1 Å². The Morgan fingerprint density at radius 2 is 2.08 bits per heavy atom. The molecule has 0 aliphatic carbocycles. The van der Waals surface area contributed by atoms with Crippen LogP contribution in [0.3, 0.4) is 0 Å². The van der Waals surface area contributed by atoms with Crippen LogP contribution in [0.25, 0.3) is 0 Å². The quantitative estimate of drug-likeness (QED) is 0.498. The smallest absolute Gasteiger partial charge is 0.315 e. The summed E-state index contributed by atoms with van der Waals surface area (Å²) in [7, 11) is 0. The normalized spacial score (nSPS) is 7.92. The van der Waals surface area contributed by atoms with E-state index in [0.717, 1.165) is 0 Å². The van der Waals surface area contributed by atoms with Crippen LogP contribution in [0.2, 0.25) is 0 Å². The third-order valence-corrected chi connectivity index (χ3v) is 1.29. The van der Waals surface area contributed by atoms with E-state index < -0.39 is 0 Å². The topological polar surface area (TPSA) is 41.1 Å². The first-order chi connectivity index (χ1) is 6.16. The molecule has 2 N–H and O–H groups in total. The van der Waals surface area contributed by atoms with Gasteiger partial charge >= 0.3 is 6.03 Å². The van der Waals surface area contributed by atoms with Crippen molar-refractivity contribution < 1.29 is 4.79 Å². The van der Waals surface area contributed by atoms with Crippen LogP contribution >= 0.6 is 0 Å². The molecule has 72 valence electrons. The first-order valence-electron chi connectivity index (χ1n) is 4.21. The van der Waals surface area contributed by atoms with Crippen molar-refractivity contribution in [3.8, 4) is 11.8 Å². The van der Waals surface area contributed by atoms with Gasteiger partial charge in [0.25, 0.3) is 0 Å². The van der Waals surface area contributed by atoms with Crippen molar-refractivity contribution in [1.82, 2.24) is 10.6 Å². The van der Waals surface area contributed by atoms with E-state index in [1.165, 1.54) is 5.57 Å². The number of allylic oxidation sites excluding steroid dienone is 1. The molecule has 0 rings (SSSR count). The standard InChI is InChI=1S/C10H16N2O/c1-4-5-7-11-10(13)12-8-6-9(2)3/h6H,7-8H2,1-3H3,(H2,11,12,13). The third-order valence-electron chi connectivity index (χ3n) is 1.29. The number of carbonyl (C=O) groups excluding carboxylic acids is 1. The lowest BCUT2D eigenvalue weighted by Crippen LogP contribution is -2.35. The number of carbonyl (C=O) groups is 1. The highest BCUT2D eigenvalue weighted by Crippen LogP contribution is 1.84. The SMILES string of the molecule is CC#CCNC(=O)NCC=C(C)C. The molecule has 3 nitrogen and oxygen atoms in total. The second-order valence-electron chi connectivity index (χ2n) is 2.77. The maximum atomic E-state index is 11.0. The predicted octanol–water partition coefficient (Wildman–Crippen LogP) is 1.28. The van der Waals surface area contributed by atoms with Crippen molar-refractivity contribution in [3.05, 3.63) is 11.6 Å². The van der Waals surface area contributed by atoms with Gasteiger partial charge in [0.05, 0.1) is 6.54 Å². The van der Waals surface area contributed by atoms with E-state index in [4.69, 9.17) is 0 Å². The molecule has 0 radical (unpaired) electrons. The molecular weight excluding hydrogens is 164 g/mol. The molecule has 0 bridgehead atoms. The zero-order chi connectivity index (χ0) is 10.1. The Bertz CT molecular complexity index is 241. The van der Waals surface area contributed by atoms with Crippen molar-refractivity contribution in [2.45, 2.75) is 20.8 Å². The van der Waals surface area contributed by atoms with Crippen LogP contribution in [0.1, 0.15) is 20.8 Å². The number of hydrogen-bond donors (Lipinski definition) is 2. The van der Waals surface area contributed by atoms with Crippen molar-refractivity contribution in [1.29, 1.82) is 0 Å². The highest BCUT2D eigenvalue weighted by Gasteiger charge is 1.93. The number of hydrogen-bond acceptors (Lipinski definition) is 1. The maximum absolute atomic E-state index is 11.0. The summed E-state index contributed by atoms with van der Waals surface area (Å²) in [4.78, 5) is 11.0. The van der Waals surface area contributed by atoms with Gasteiger partial charge in [-0.2, -0.15) is 0 Å². The average molecular weight is 180 g/mol. The zero-order valence-corrected chi connectivity index (χ0v) is 8.40. The van der Waals surface area contributed by atoms with Crippen LogP contribution in [0, 0.1) is 11.8 Å². The van der Waals surface area contributed by atoms with E-state index in [9.17, 15) is 4.79 Å². The summed E-state index contributed by atoms with van der Waals surface area (Å²) >= 11 is 0. The Balaban J connectivity index is 3.50. The second-order valence-corrected chi connectivity index (χ2v) is 2.77. The van der Waals surface area contributed by atoms with Gasteiger partial charge < -0.3 is 10.6 Å². The fourth-order valence-corrected chi connectivity index (χ4v) is 0.623. The van der Waals surface area contributed by atoms with E-state index in [1.54, 1.807) is 6.92 Å². The molecule has 0 saturated heterocycles. The molecule has 0 fully saturated rings. The van der Waals surface area contributed by atoms with E-state index in [-0.39, 0.29) is 6.03 Å². The first kappa shape index (κ1) is 11.6. The van der Waals surface area contributed by atoms with Crippen LogP contribution < -0.4 is 10.6 Å². The summed E-state index contributed by atoms with van der Waals surface area (Å²) in [5.74, 6) is 5.43. The van der Waals surface area contributed by atoms with Crippen LogP contribution in [0.15, 0.2) is 11.6 Å². The number of amides is 2. The minimum atomic E-state index is -0.180. The lowest BCUT2D eigenvalue weighted by Gasteiger charge is -2.01. The van der Waals surface area contributed by atoms with Gasteiger partial charge in [-0.1, -0.05) is 17.6 Å². The van der Waals surface area contributed by atoms with Gasteiger partial charge in [-0.15, -0.1) is 5.92 Å². The zero-order valence-electron chi connectivity index (χ0n) is 8.40. The van der Waals surface area contributed by atoms with E-state index >= 15 is 0 Å². The minimum absolute atomic E-state index is 0.180. The van der Waals surface area contributed by atoms with E-state index in [1.807, 2.05) is 19.9 Å². The summed E-state index contributed by atoms with van der Waals surface area (Å²) in [6.45, 7) is 6.68. The molecule has 0 aliphatic rings. The third kappa shape index (κ3) is 8.48. The Morgan fingerprint density at radius 1 is 1.38 bits per heavy atom. The van der Waals surface area contributed by atoms with Gasteiger partial charge in [0.1, 0.15) is 0 Å². The molecule has 13 heavy (non-hydrogen) atoms. The van der Waals surface area contributed by atoms with Crippen molar-refractivity contribution in [2.75, 3.05) is 13.1 Å². The van der Waals surface area contributed by atoms with Gasteiger partial charge in [0.15, 0.2) is 0 Å². The second kappa shape index (κ2) is 7.23.